The SMILES string of the molecule is CC#CC1CNC(=O)N1c1nc2c3c(ccc2s1)OCCN3CCN1CCN(C)CC1. The zero-order valence-electron chi connectivity index (χ0n) is 18.1. The van der Waals surface area contributed by atoms with Gasteiger partial charge in [0, 0.05) is 39.3 Å². The second-order valence-corrected chi connectivity index (χ2v) is 9.21. The Bertz CT molecular complexity index is 1040. The lowest BCUT2D eigenvalue weighted by molar-refractivity contribution is 0.156. The summed E-state index contributed by atoms with van der Waals surface area (Å²) in [5.41, 5.74) is 1.97. The molecule has 8 nitrogen and oxygen atoms in total. The van der Waals surface area contributed by atoms with Crippen LogP contribution >= 0.6 is 11.3 Å². The van der Waals surface area contributed by atoms with Crippen molar-refractivity contribution in [1.82, 2.24) is 20.1 Å². The Labute approximate surface area is 186 Å². The highest BCUT2D eigenvalue weighted by atomic mass is 32.1. The predicted molar refractivity (Wildman–Crippen MR) is 124 cm³/mol. The number of aromatic nitrogens is 1. The van der Waals surface area contributed by atoms with Gasteiger partial charge in [-0.2, -0.15) is 0 Å². The number of nitrogens with one attached hydrogen (secondary N) is 1. The number of hydrogen-bond donors (Lipinski definition) is 1. The first-order valence-corrected chi connectivity index (χ1v) is 11.7. The summed E-state index contributed by atoms with van der Waals surface area (Å²) in [6.07, 6.45) is 0. The highest BCUT2D eigenvalue weighted by molar-refractivity contribution is 7.22. The lowest BCUT2D eigenvalue weighted by Gasteiger charge is -2.36. The molecule has 0 saturated carbocycles. The quantitative estimate of drug-likeness (QED) is 0.730. The van der Waals surface area contributed by atoms with E-state index in [4.69, 9.17) is 9.72 Å². The Kier molecular flexibility index (Phi) is 5.61. The highest BCUT2D eigenvalue weighted by Gasteiger charge is 2.34. The number of piperazine rings is 1. The van der Waals surface area contributed by atoms with Gasteiger partial charge in [0.05, 0.1) is 17.8 Å². The van der Waals surface area contributed by atoms with E-state index in [1.165, 1.54) is 11.3 Å². The average Bonchev–Trinajstić information content (AvgIpc) is 3.36. The van der Waals surface area contributed by atoms with Crippen molar-refractivity contribution in [3.63, 3.8) is 0 Å². The standard InChI is InChI=1S/C22H28N6O2S/c1-3-4-16-15-23-21(29)28(16)22-24-19-18(31-22)6-5-17-20(19)27(13-14-30-17)12-11-26-9-7-25(2)8-10-26/h5-6,16H,7-15H2,1-2H3,(H,23,29). The van der Waals surface area contributed by atoms with Crippen LogP contribution in [0.3, 0.4) is 0 Å². The molecule has 1 N–H and O–H groups in total. The number of ether oxygens (including phenoxy) is 1. The van der Waals surface area contributed by atoms with Crippen molar-refractivity contribution in [3.05, 3.63) is 12.1 Å². The van der Waals surface area contributed by atoms with Gasteiger partial charge in [-0.15, -0.1) is 5.92 Å². The summed E-state index contributed by atoms with van der Waals surface area (Å²) in [6, 6.07) is 3.77. The van der Waals surface area contributed by atoms with E-state index in [0.717, 1.165) is 67.5 Å². The Balaban J connectivity index is 1.43. The molecule has 5 rings (SSSR count). The molecule has 0 bridgehead atoms. The van der Waals surface area contributed by atoms with Crippen LogP contribution in [0.2, 0.25) is 0 Å². The summed E-state index contributed by atoms with van der Waals surface area (Å²) in [5.74, 6) is 6.92. The number of nitrogens with zero attached hydrogens (tertiary/aromatic N) is 5. The molecule has 2 aromatic rings. The van der Waals surface area contributed by atoms with E-state index in [-0.39, 0.29) is 12.1 Å². The monoisotopic (exact) mass is 440 g/mol. The molecule has 1 aromatic carbocycles. The van der Waals surface area contributed by atoms with Gasteiger partial charge in [-0.1, -0.05) is 17.3 Å². The molecule has 1 atom stereocenters. The number of benzene rings is 1. The Hall–Kier alpha value is -2.54. The molecule has 9 heteroatoms. The van der Waals surface area contributed by atoms with E-state index >= 15 is 0 Å². The van der Waals surface area contributed by atoms with Crippen molar-refractivity contribution in [3.8, 4) is 17.6 Å². The third-order valence-corrected chi connectivity index (χ3v) is 7.22. The van der Waals surface area contributed by atoms with E-state index in [2.05, 4.69) is 38.9 Å². The van der Waals surface area contributed by atoms with Crippen LogP contribution < -0.4 is 19.9 Å². The van der Waals surface area contributed by atoms with E-state index in [1.807, 2.05) is 12.1 Å². The molecule has 1 unspecified atom stereocenters. The highest BCUT2D eigenvalue weighted by Crippen LogP contribution is 2.42. The van der Waals surface area contributed by atoms with E-state index in [1.54, 1.807) is 11.8 Å². The number of carbonyl (C=O) groups is 1. The lowest BCUT2D eigenvalue weighted by Crippen LogP contribution is -2.47. The summed E-state index contributed by atoms with van der Waals surface area (Å²) < 4.78 is 7.03. The zero-order valence-corrected chi connectivity index (χ0v) is 18.9. The third kappa shape index (κ3) is 3.91. The Morgan fingerprint density at radius 1 is 1.23 bits per heavy atom. The first-order chi connectivity index (χ1) is 15.1. The normalized spacial score (nSPS) is 22.1. The second-order valence-electron chi connectivity index (χ2n) is 8.20. The van der Waals surface area contributed by atoms with Gasteiger partial charge in [-0.3, -0.25) is 9.80 Å². The Morgan fingerprint density at radius 3 is 2.87 bits per heavy atom. The first-order valence-electron chi connectivity index (χ1n) is 10.9. The molecule has 4 heterocycles. The van der Waals surface area contributed by atoms with Gasteiger partial charge in [0.2, 0.25) is 0 Å². The lowest BCUT2D eigenvalue weighted by atomic mass is 10.2. The van der Waals surface area contributed by atoms with Gasteiger partial charge in [-0.25, -0.2) is 9.78 Å². The van der Waals surface area contributed by atoms with Gasteiger partial charge in [-0.05, 0) is 26.1 Å². The number of thiazole rings is 1. The fourth-order valence-electron chi connectivity index (χ4n) is 4.41. The molecule has 31 heavy (non-hydrogen) atoms. The summed E-state index contributed by atoms with van der Waals surface area (Å²) >= 11 is 1.54. The Morgan fingerprint density at radius 2 is 2.06 bits per heavy atom. The number of urea groups is 1. The van der Waals surface area contributed by atoms with Crippen LogP contribution in [0.1, 0.15) is 6.92 Å². The largest absolute Gasteiger partial charge is 0.489 e. The first kappa shape index (κ1) is 20.4. The second kappa shape index (κ2) is 8.54. The number of amides is 2. The number of likely N-dealkylation sites (N-methyl/N-ethyl adjacent to an activating group) is 1. The van der Waals surface area contributed by atoms with Gasteiger partial charge >= 0.3 is 6.03 Å². The minimum absolute atomic E-state index is 0.135. The van der Waals surface area contributed by atoms with Crippen molar-refractivity contribution in [1.29, 1.82) is 0 Å². The fraction of sp³-hybridized carbons (Fsp3) is 0.545. The molecule has 0 spiro atoms. The molecule has 3 aliphatic heterocycles. The summed E-state index contributed by atoms with van der Waals surface area (Å²) in [6.45, 7) is 10.3. The van der Waals surface area contributed by atoms with Crippen LogP contribution in [-0.2, 0) is 0 Å². The van der Waals surface area contributed by atoms with Crippen LogP contribution in [-0.4, -0.2) is 92.9 Å². The van der Waals surface area contributed by atoms with Gasteiger partial charge in [0.25, 0.3) is 0 Å². The van der Waals surface area contributed by atoms with Gasteiger partial charge in [0.1, 0.15) is 29.6 Å². The van der Waals surface area contributed by atoms with E-state index in [0.29, 0.717) is 18.3 Å². The van der Waals surface area contributed by atoms with Crippen molar-refractivity contribution < 1.29 is 9.53 Å². The minimum Gasteiger partial charge on any atom is -0.489 e. The topological polar surface area (TPSA) is 64.2 Å². The number of fused-ring (bicyclic) bond motifs is 3. The molecular weight excluding hydrogens is 412 g/mol. The molecule has 2 fully saturated rings. The van der Waals surface area contributed by atoms with Crippen molar-refractivity contribution >= 4 is 38.4 Å². The maximum atomic E-state index is 12.5. The molecule has 2 saturated heterocycles. The van der Waals surface area contributed by atoms with Crippen LogP contribution in [0.4, 0.5) is 15.6 Å². The van der Waals surface area contributed by atoms with Crippen molar-refractivity contribution in [2.45, 2.75) is 13.0 Å². The summed E-state index contributed by atoms with van der Waals surface area (Å²) in [7, 11) is 2.18. The van der Waals surface area contributed by atoms with Crippen LogP contribution in [0.15, 0.2) is 12.1 Å². The third-order valence-electron chi connectivity index (χ3n) is 6.20. The zero-order chi connectivity index (χ0) is 21.4. The molecule has 3 aliphatic rings. The van der Waals surface area contributed by atoms with E-state index in [9.17, 15) is 4.79 Å². The number of hydrogen-bond acceptors (Lipinski definition) is 7. The molecule has 2 amide bonds. The van der Waals surface area contributed by atoms with Crippen LogP contribution in [0.25, 0.3) is 10.2 Å². The van der Waals surface area contributed by atoms with Crippen LogP contribution in [0.5, 0.6) is 5.75 Å². The van der Waals surface area contributed by atoms with Crippen LogP contribution in [0, 0.1) is 11.8 Å². The molecule has 1 aromatic heterocycles. The molecule has 164 valence electrons. The molecule has 0 radical (unpaired) electrons. The summed E-state index contributed by atoms with van der Waals surface area (Å²) in [4.78, 5) is 26.4. The smallest absolute Gasteiger partial charge is 0.324 e. The predicted octanol–water partition coefficient (Wildman–Crippen LogP) is 1.66. The maximum absolute atomic E-state index is 12.5. The van der Waals surface area contributed by atoms with E-state index < -0.39 is 0 Å². The fourth-order valence-corrected chi connectivity index (χ4v) is 5.43. The molecule has 0 aliphatic carbocycles. The van der Waals surface area contributed by atoms with Crippen molar-refractivity contribution in [2.24, 2.45) is 0 Å². The minimum atomic E-state index is -0.182. The maximum Gasteiger partial charge on any atom is 0.324 e. The number of anilines is 2. The average molecular weight is 441 g/mol. The number of rotatable bonds is 4. The number of carbonyl (C=O) groups excluding carboxylic acids is 1. The van der Waals surface area contributed by atoms with Crippen molar-refractivity contribution in [2.75, 3.05) is 75.8 Å². The van der Waals surface area contributed by atoms with Gasteiger partial charge in [0.15, 0.2) is 5.13 Å². The van der Waals surface area contributed by atoms with Gasteiger partial charge < -0.3 is 19.9 Å². The summed E-state index contributed by atoms with van der Waals surface area (Å²) in [5, 5.41) is 3.58. The molecular formula is C22H28N6O2S.